The number of hydrogen-bond acceptors (Lipinski definition) is 4. The minimum atomic E-state index is -1.36. The summed E-state index contributed by atoms with van der Waals surface area (Å²) in [6.07, 6.45) is 1.20. The van der Waals surface area contributed by atoms with Gasteiger partial charge in [0.2, 0.25) is 0 Å². The normalized spacial score (nSPS) is 11.1. The van der Waals surface area contributed by atoms with Gasteiger partial charge in [-0.15, -0.1) is 0 Å². The number of halogens is 2. The van der Waals surface area contributed by atoms with Crippen LogP contribution in [-0.2, 0) is 4.79 Å². The molecule has 0 aliphatic rings. The molecule has 0 heterocycles. The summed E-state index contributed by atoms with van der Waals surface area (Å²) in [4.78, 5) is 23.6. The predicted octanol–water partition coefficient (Wildman–Crippen LogP) is 2.93. The van der Waals surface area contributed by atoms with Crippen LogP contribution in [0.4, 0.5) is 0 Å². The molecule has 2 rings (SSSR count). The molecule has 25 heavy (non-hydrogen) atoms. The molecule has 0 bridgehead atoms. The van der Waals surface area contributed by atoms with E-state index in [2.05, 4.69) is 5.32 Å². The zero-order valence-corrected chi connectivity index (χ0v) is 14.4. The zero-order valence-electron chi connectivity index (χ0n) is 12.9. The van der Waals surface area contributed by atoms with E-state index >= 15 is 0 Å². The van der Waals surface area contributed by atoms with Crippen LogP contribution in [0, 0.1) is 0 Å². The first kappa shape index (κ1) is 18.6. The van der Waals surface area contributed by atoms with Crippen LogP contribution < -0.4 is 15.2 Å². The lowest BCUT2D eigenvalue weighted by atomic mass is 10.1. The first-order valence-corrected chi connectivity index (χ1v) is 7.64. The van der Waals surface area contributed by atoms with Crippen molar-refractivity contribution in [1.82, 2.24) is 5.32 Å². The number of methoxy groups -OCH3 is 1. The topological polar surface area (TPSA) is 98.7 Å². The molecule has 8 heteroatoms. The van der Waals surface area contributed by atoms with Gasteiger partial charge in [0.05, 0.1) is 17.7 Å². The van der Waals surface area contributed by atoms with Crippen molar-refractivity contribution in [2.24, 2.45) is 0 Å². The van der Waals surface area contributed by atoms with E-state index < -0.39 is 17.6 Å². The molecule has 0 aliphatic heterocycles. The minimum Gasteiger partial charge on any atom is -0.870 e. The molecule has 0 saturated heterocycles. The average molecular weight is 381 g/mol. The monoisotopic (exact) mass is 380 g/mol. The molecule has 0 fully saturated rings. The van der Waals surface area contributed by atoms with Crippen molar-refractivity contribution in [3.05, 3.63) is 63.3 Å². The molecule has 0 atom stereocenters. The van der Waals surface area contributed by atoms with E-state index in [9.17, 15) is 19.8 Å². The number of nitrogens with one attached hydrogen (secondary N) is 1. The average Bonchev–Trinajstić information content (AvgIpc) is 2.55. The Kier molecular flexibility index (Phi) is 5.90. The fourth-order valence-electron chi connectivity index (χ4n) is 1.96. The lowest BCUT2D eigenvalue weighted by Gasteiger charge is -2.13. The molecule has 6 nitrogen and oxygen atoms in total. The van der Waals surface area contributed by atoms with Crippen LogP contribution >= 0.6 is 23.2 Å². The van der Waals surface area contributed by atoms with Crippen molar-refractivity contribution >= 4 is 41.2 Å². The standard InChI is InChI=1S/C17H13Cl2NO5/c1-25-15-7-9(2-5-14(15)21)6-13(17(23)24)20-16(22)11-4-3-10(18)8-12(11)19/h2-8,21H,1H3,(H,20,22)(H,23,24)/p-1/b13-6+. The predicted molar refractivity (Wildman–Crippen MR) is 92.0 cm³/mol. The summed E-state index contributed by atoms with van der Waals surface area (Å²) in [6, 6.07) is 8.24. The van der Waals surface area contributed by atoms with Crippen LogP contribution in [0.25, 0.3) is 6.08 Å². The molecule has 2 aromatic carbocycles. The van der Waals surface area contributed by atoms with E-state index in [4.69, 9.17) is 27.9 Å². The van der Waals surface area contributed by atoms with Crippen molar-refractivity contribution in [3.8, 4) is 11.5 Å². The molecule has 0 radical (unpaired) electrons. The molecule has 2 aromatic rings. The van der Waals surface area contributed by atoms with E-state index in [0.717, 1.165) is 0 Å². The third-order valence-corrected chi connectivity index (χ3v) is 3.70. The SMILES string of the molecule is COc1cc(/C=C(/NC(=O)c2ccc(Cl)cc2Cl)C(=O)O)ccc1[O-]. The number of ether oxygens (including phenoxy) is 1. The molecule has 0 unspecified atom stereocenters. The Labute approximate surface area is 153 Å². The highest BCUT2D eigenvalue weighted by atomic mass is 35.5. The van der Waals surface area contributed by atoms with Gasteiger partial charge in [0, 0.05) is 5.02 Å². The summed E-state index contributed by atoms with van der Waals surface area (Å²) in [5.41, 5.74) is 0.0544. The number of carbonyl (C=O) groups excluding carboxylic acids is 1. The van der Waals surface area contributed by atoms with Gasteiger partial charge < -0.3 is 20.3 Å². The van der Waals surface area contributed by atoms with Gasteiger partial charge in [-0.2, -0.15) is 0 Å². The summed E-state index contributed by atoms with van der Waals surface area (Å²) >= 11 is 11.7. The summed E-state index contributed by atoms with van der Waals surface area (Å²) in [6.45, 7) is 0. The van der Waals surface area contributed by atoms with E-state index in [1.54, 1.807) is 0 Å². The summed E-state index contributed by atoms with van der Waals surface area (Å²) in [5.74, 6) is -2.34. The van der Waals surface area contributed by atoms with Gasteiger partial charge in [-0.3, -0.25) is 4.79 Å². The van der Waals surface area contributed by atoms with Gasteiger partial charge in [0.25, 0.3) is 5.91 Å². The Morgan fingerprint density at radius 2 is 1.92 bits per heavy atom. The first-order valence-electron chi connectivity index (χ1n) is 6.88. The van der Waals surface area contributed by atoms with Crippen molar-refractivity contribution in [2.45, 2.75) is 0 Å². The third-order valence-electron chi connectivity index (χ3n) is 3.15. The Bertz CT molecular complexity index is 864. The van der Waals surface area contributed by atoms with Crippen LogP contribution in [0.15, 0.2) is 42.1 Å². The third kappa shape index (κ3) is 4.65. The zero-order chi connectivity index (χ0) is 18.6. The van der Waals surface area contributed by atoms with Gasteiger partial charge in [-0.25, -0.2) is 4.79 Å². The highest BCUT2D eigenvalue weighted by Crippen LogP contribution is 2.25. The van der Waals surface area contributed by atoms with E-state index in [1.165, 1.54) is 49.6 Å². The van der Waals surface area contributed by atoms with Crippen molar-refractivity contribution < 1.29 is 24.5 Å². The van der Waals surface area contributed by atoms with Gasteiger partial charge in [-0.05, 0) is 35.9 Å². The maximum atomic E-state index is 12.2. The molecule has 2 N–H and O–H groups in total. The number of carbonyl (C=O) groups is 2. The van der Waals surface area contributed by atoms with Crippen LogP contribution in [0.5, 0.6) is 11.5 Å². The maximum Gasteiger partial charge on any atom is 0.352 e. The summed E-state index contributed by atoms with van der Waals surface area (Å²) in [7, 11) is 1.33. The molecule has 0 aliphatic carbocycles. The lowest BCUT2D eigenvalue weighted by Crippen LogP contribution is -2.27. The Hall–Kier alpha value is -2.70. The van der Waals surface area contributed by atoms with E-state index in [1.807, 2.05) is 0 Å². The largest absolute Gasteiger partial charge is 0.870 e. The molecule has 130 valence electrons. The Morgan fingerprint density at radius 3 is 2.52 bits per heavy atom. The summed E-state index contributed by atoms with van der Waals surface area (Å²) in [5, 5.41) is 23.5. The van der Waals surface area contributed by atoms with Crippen LogP contribution in [0.1, 0.15) is 15.9 Å². The highest BCUT2D eigenvalue weighted by molar-refractivity contribution is 6.36. The van der Waals surface area contributed by atoms with Crippen molar-refractivity contribution in [3.63, 3.8) is 0 Å². The maximum absolute atomic E-state index is 12.2. The quantitative estimate of drug-likeness (QED) is 0.776. The fraction of sp³-hybridized carbons (Fsp3) is 0.0588. The molecular formula is C17H12Cl2NO5-. The fourth-order valence-corrected chi connectivity index (χ4v) is 2.45. The van der Waals surface area contributed by atoms with E-state index in [0.29, 0.717) is 10.6 Å². The number of carboxylic acid groups (broad SMARTS) is 1. The number of hydrogen-bond donors (Lipinski definition) is 2. The molecule has 0 spiro atoms. The Morgan fingerprint density at radius 1 is 1.20 bits per heavy atom. The first-order chi connectivity index (χ1) is 11.8. The van der Waals surface area contributed by atoms with Gasteiger partial charge >= 0.3 is 5.97 Å². The lowest BCUT2D eigenvalue weighted by molar-refractivity contribution is -0.270. The number of aliphatic carboxylic acids is 1. The van der Waals surface area contributed by atoms with Crippen molar-refractivity contribution in [2.75, 3.05) is 7.11 Å². The summed E-state index contributed by atoms with van der Waals surface area (Å²) < 4.78 is 4.90. The molecule has 1 amide bonds. The second kappa shape index (κ2) is 7.92. The van der Waals surface area contributed by atoms with E-state index in [-0.39, 0.29) is 22.1 Å². The Balaban J connectivity index is 2.32. The smallest absolute Gasteiger partial charge is 0.352 e. The van der Waals surface area contributed by atoms with Gasteiger partial charge in [0.1, 0.15) is 11.4 Å². The van der Waals surface area contributed by atoms with Crippen LogP contribution in [0.3, 0.4) is 0 Å². The number of benzene rings is 2. The number of carboxylic acids is 1. The van der Waals surface area contributed by atoms with Gasteiger partial charge in [-0.1, -0.05) is 41.1 Å². The van der Waals surface area contributed by atoms with Crippen LogP contribution in [-0.4, -0.2) is 24.1 Å². The van der Waals surface area contributed by atoms with Crippen LogP contribution in [0.2, 0.25) is 10.0 Å². The second-order valence-electron chi connectivity index (χ2n) is 4.85. The highest BCUT2D eigenvalue weighted by Gasteiger charge is 2.16. The molecule has 0 aromatic heterocycles. The molecular weight excluding hydrogens is 369 g/mol. The molecule has 0 saturated carbocycles. The van der Waals surface area contributed by atoms with Crippen molar-refractivity contribution in [1.29, 1.82) is 0 Å². The second-order valence-corrected chi connectivity index (χ2v) is 5.70. The number of rotatable bonds is 5. The minimum absolute atomic E-state index is 0.0607. The number of amides is 1. The van der Waals surface area contributed by atoms with Gasteiger partial charge in [0.15, 0.2) is 0 Å².